The highest BCUT2D eigenvalue weighted by Gasteiger charge is 2.17. The molecule has 0 saturated carbocycles. The Labute approximate surface area is 621 Å². The lowest BCUT2D eigenvalue weighted by atomic mass is 10.0. The van der Waals surface area contributed by atoms with Crippen LogP contribution in [0.25, 0.3) is 0 Å². The zero-order chi connectivity index (χ0) is 73.4. The van der Waals surface area contributed by atoms with E-state index in [1.54, 1.807) is 6.21 Å². The van der Waals surface area contributed by atoms with E-state index in [1.165, 1.54) is 16.7 Å². The third-order valence-corrected chi connectivity index (χ3v) is 17.7. The standard InChI is InChI=1S/C18H19N3O.C17H15N3O3.C17H17N3O.C16H15N3O.C15H12BrNO3/c1-12-4-6-16(8-13(12)2)14(3)21-22-10-15-5-7-17-18(9-15)20-11-19-17;1-11(13-3-5-16-17(7-13)22-10-21-16)20-23-8-12-2-4-14-15(6-12)19-9-18-14;1-12-3-6-15(7-4-12)13(2)20-21-10-14-5-8-16-17(9-14)19-11-18-16;1-12(14-5-3-2-4-6-14)19-20-10-13-7-8-15-16(9-13)18-11-17-15;16-13-7-15-14(18-10-19-15)6-12(13)8-17-20-9-11-4-2-1-3-5-11/h4-9H,10-11H2,1-3H3;2-7H,8-10H2,1H3;3-9H,10-11H2,1-2H3;2-9H,10-11H2,1H3;1-8H,9-10H2/b21-14+;20-11+;20-13+;19-12+;17-8+. The Morgan fingerprint density at radius 2 is 0.708 bits per heavy atom. The minimum Gasteiger partial charge on any atom is -0.454 e. The maximum Gasteiger partial charge on any atom is 0.231 e. The first kappa shape index (κ1) is 73.4. The van der Waals surface area contributed by atoms with Gasteiger partial charge in [-0.25, -0.2) is 0 Å². The summed E-state index contributed by atoms with van der Waals surface area (Å²) in [6.07, 6.45) is 1.65. The van der Waals surface area contributed by atoms with Crippen LogP contribution in [0, 0.1) is 20.8 Å². The topological polar surface area (TPSA) is 244 Å². The number of rotatable bonds is 20. The molecule has 106 heavy (non-hydrogen) atoms. The van der Waals surface area contributed by atoms with Crippen molar-refractivity contribution in [3.05, 3.63) is 326 Å². The molecule has 0 N–H and O–H groups in total. The van der Waals surface area contributed by atoms with E-state index < -0.39 is 0 Å². The van der Waals surface area contributed by atoms with Crippen molar-refractivity contribution in [1.82, 2.24) is 0 Å². The Morgan fingerprint density at radius 3 is 1.17 bits per heavy atom. The normalized spacial score (nSPS) is 13.6. The van der Waals surface area contributed by atoms with E-state index in [0.717, 1.165) is 149 Å². The van der Waals surface area contributed by atoms with Crippen LogP contribution in [0.15, 0.2) is 276 Å². The predicted octanol–water partition coefficient (Wildman–Crippen LogP) is 11.7. The van der Waals surface area contributed by atoms with Crippen LogP contribution in [-0.2, 0) is 57.2 Å². The molecule has 23 heteroatoms. The third-order valence-electron chi connectivity index (χ3n) is 17.0. The Hall–Kier alpha value is -12.4. The van der Waals surface area contributed by atoms with E-state index in [9.17, 15) is 0 Å². The van der Waals surface area contributed by atoms with Crippen molar-refractivity contribution in [2.45, 2.75) is 81.5 Å². The first-order valence-corrected chi connectivity index (χ1v) is 35.1. The molecule has 16 rings (SSSR count). The fourth-order valence-electron chi connectivity index (χ4n) is 10.8. The van der Waals surface area contributed by atoms with Gasteiger partial charge in [-0.3, -0.25) is 39.9 Å². The second kappa shape index (κ2) is 36.7. The van der Waals surface area contributed by atoms with Gasteiger partial charge < -0.3 is 43.1 Å². The van der Waals surface area contributed by atoms with Crippen LogP contribution in [-0.4, -0.2) is 69.3 Å². The maximum absolute atomic E-state index is 5.48. The average molecular weight is 1480 g/mol. The van der Waals surface area contributed by atoms with Gasteiger partial charge in [-0.15, -0.1) is 0 Å². The summed E-state index contributed by atoms with van der Waals surface area (Å²) in [6.45, 7) is 18.8. The molecule has 0 unspecified atom stereocenters. The maximum atomic E-state index is 5.48. The smallest absolute Gasteiger partial charge is 0.231 e. The highest BCUT2D eigenvalue weighted by Crippen LogP contribution is 2.36. The molecule has 6 aliphatic heterocycles. The van der Waals surface area contributed by atoms with E-state index in [4.69, 9.17) is 43.1 Å². The van der Waals surface area contributed by atoms with Crippen molar-refractivity contribution >= 4 is 45.0 Å². The average Bonchev–Trinajstić information content (AvgIpc) is 1.70. The molecule has 22 nitrogen and oxygen atoms in total. The second-order valence-electron chi connectivity index (χ2n) is 24.7. The van der Waals surface area contributed by atoms with E-state index in [-0.39, 0.29) is 13.6 Å². The fraction of sp³-hybridized carbons (Fsp3) is 0.217. The van der Waals surface area contributed by atoms with E-state index in [1.807, 2.05) is 204 Å². The molecule has 0 aliphatic carbocycles. The lowest BCUT2D eigenvalue weighted by Crippen LogP contribution is -2.21. The van der Waals surface area contributed by atoms with Crippen molar-refractivity contribution in [2.24, 2.45) is 65.7 Å². The number of aryl methyl sites for hydroxylation is 3. The zero-order valence-electron chi connectivity index (χ0n) is 59.9. The van der Waals surface area contributed by atoms with E-state index in [2.05, 4.69) is 133 Å². The number of halogens is 1. The predicted molar refractivity (Wildman–Crippen MR) is 408 cm³/mol. The fourth-order valence-corrected chi connectivity index (χ4v) is 11.3. The van der Waals surface area contributed by atoms with Gasteiger partial charge in [0, 0.05) is 15.6 Å². The van der Waals surface area contributed by atoms with Crippen LogP contribution in [0.4, 0.5) is 0 Å². The number of hydrogen-bond acceptors (Lipinski definition) is 22. The van der Waals surface area contributed by atoms with Crippen molar-refractivity contribution in [3.63, 3.8) is 0 Å². The first-order chi connectivity index (χ1) is 51.8. The van der Waals surface area contributed by atoms with Crippen molar-refractivity contribution < 1.29 is 43.1 Å². The summed E-state index contributed by atoms with van der Waals surface area (Å²) in [5, 5.41) is 28.2. The molecule has 0 aromatic heterocycles. The first-order valence-electron chi connectivity index (χ1n) is 34.3. The van der Waals surface area contributed by atoms with Crippen LogP contribution in [0.2, 0.25) is 0 Å². The van der Waals surface area contributed by atoms with Crippen molar-refractivity contribution in [1.29, 1.82) is 0 Å². The summed E-state index contributed by atoms with van der Waals surface area (Å²) < 4.78 is 22.2. The van der Waals surface area contributed by atoms with E-state index >= 15 is 0 Å². The van der Waals surface area contributed by atoms with Gasteiger partial charge in [0.25, 0.3) is 0 Å². The Morgan fingerprint density at radius 1 is 0.340 bits per heavy atom. The molecular weight excluding hydrogens is 1400 g/mol. The summed E-state index contributed by atoms with van der Waals surface area (Å²) in [4.78, 5) is 61.3. The van der Waals surface area contributed by atoms with Crippen LogP contribution < -0.4 is 61.8 Å². The molecule has 0 saturated heterocycles. The number of hydrogen-bond donors (Lipinski definition) is 0. The molecule has 6 heterocycles. The number of oxime groups is 5. The van der Waals surface area contributed by atoms with Gasteiger partial charge in [-0.1, -0.05) is 153 Å². The molecule has 0 fully saturated rings. The third kappa shape index (κ3) is 20.7. The number of benzene rings is 10. The Balaban J connectivity index is 0.000000124. The lowest BCUT2D eigenvalue weighted by molar-refractivity contribution is 0.130. The largest absolute Gasteiger partial charge is 0.454 e. The van der Waals surface area contributed by atoms with E-state index in [0.29, 0.717) is 59.7 Å². The van der Waals surface area contributed by atoms with Gasteiger partial charge in [-0.2, -0.15) is 0 Å². The minimum absolute atomic E-state index is 0.257. The van der Waals surface area contributed by atoms with Gasteiger partial charge in [0.15, 0.2) is 23.0 Å². The van der Waals surface area contributed by atoms with Gasteiger partial charge in [0.1, 0.15) is 59.7 Å². The molecular formula is C83H78BrN13O9. The van der Waals surface area contributed by atoms with Crippen LogP contribution >= 0.6 is 15.9 Å². The van der Waals surface area contributed by atoms with Crippen molar-refractivity contribution in [3.8, 4) is 23.0 Å². The number of ether oxygens (including phenoxy) is 4. The summed E-state index contributed by atoms with van der Waals surface area (Å²) in [5.41, 5.74) is 17.5. The summed E-state index contributed by atoms with van der Waals surface area (Å²) >= 11 is 3.46. The summed E-state index contributed by atoms with van der Waals surface area (Å²) in [5.74, 6) is 2.95. The molecule has 10 aromatic rings. The highest BCUT2D eigenvalue weighted by molar-refractivity contribution is 9.10. The zero-order valence-corrected chi connectivity index (χ0v) is 61.4. The lowest BCUT2D eigenvalue weighted by Gasteiger charge is -2.05. The highest BCUT2D eigenvalue weighted by atomic mass is 79.9. The number of fused-ring (bicyclic) bond motifs is 6. The molecule has 0 amide bonds. The molecule has 6 aliphatic rings. The Bertz CT molecular complexity index is 5510. The van der Waals surface area contributed by atoms with Gasteiger partial charge in [0.05, 0.1) is 71.9 Å². The second-order valence-corrected chi connectivity index (χ2v) is 25.6. The molecule has 0 spiro atoms. The molecule has 0 bridgehead atoms. The minimum atomic E-state index is 0.257. The van der Waals surface area contributed by atoms with Crippen molar-refractivity contribution in [2.75, 3.05) is 40.3 Å². The van der Waals surface area contributed by atoms with Crippen LogP contribution in [0.5, 0.6) is 23.0 Å². The molecule has 0 atom stereocenters. The monoisotopic (exact) mass is 1480 g/mol. The molecule has 0 radical (unpaired) electrons. The van der Waals surface area contributed by atoms with Gasteiger partial charge in [-0.05, 0) is 205 Å². The summed E-state index contributed by atoms with van der Waals surface area (Å²) in [6, 6.07) is 67.7. The molecule has 10 aromatic carbocycles. The number of nitrogens with zero attached hydrogens (tertiary/aromatic N) is 13. The Kier molecular flexibility index (Phi) is 25.4. The van der Waals surface area contributed by atoms with Crippen LogP contribution in [0.1, 0.15) is 100 Å². The van der Waals surface area contributed by atoms with Gasteiger partial charge in [0.2, 0.25) is 13.6 Å². The van der Waals surface area contributed by atoms with Crippen LogP contribution in [0.3, 0.4) is 0 Å². The quantitative estimate of drug-likeness (QED) is 0.0519. The molecule has 536 valence electrons. The van der Waals surface area contributed by atoms with Gasteiger partial charge >= 0.3 is 0 Å². The summed E-state index contributed by atoms with van der Waals surface area (Å²) in [7, 11) is 0. The SMILES string of the molecule is Brc1cc2c(cc1/C=N/OCc1ccccc1)OCO2.C/C(=N\OCc1ccc2c(c1)=NCN=2)c1ccc(C)c(C)c1.C/C(=N\OCc1ccc2c(c1)=NCN=2)c1ccc(C)cc1.C/C(=N\OCc1ccc2c(c1)=NCN=2)c1ccc2c(c1)OCO2.C/C(=N\OCc1ccc2c(c1)=NCN=2)c1ccccc1.